The zero-order valence-electron chi connectivity index (χ0n) is 16.7. The maximum Gasteiger partial charge on any atom is 0.195 e. The monoisotopic (exact) mass is 385 g/mol. The Bertz CT molecular complexity index is 1180. The quantitative estimate of drug-likeness (QED) is 0.730. The maximum absolute atomic E-state index is 13.4. The van der Waals surface area contributed by atoms with Crippen molar-refractivity contribution < 1.29 is 9.53 Å². The highest BCUT2D eigenvalue weighted by Crippen LogP contribution is 2.44. The van der Waals surface area contributed by atoms with E-state index in [1.165, 1.54) is 5.56 Å². The van der Waals surface area contributed by atoms with E-state index in [1.807, 2.05) is 18.2 Å². The minimum Gasteiger partial charge on any atom is -0.379 e. The molecule has 1 aromatic heterocycles. The standard InChI is InChI=1S/C24H23N3O2/c1-24(2)19-11-16(14-27-7-9-29-10-8-27)4-5-17(19)22(28)21-18-6-3-15(13-25)12-20(18)26-23(21)24/h3-6,11-12,26H,7-10,14H2,1-2H3. The maximum atomic E-state index is 13.4. The number of ketones is 1. The van der Waals surface area contributed by atoms with Gasteiger partial charge in [0, 0.05) is 47.2 Å². The summed E-state index contributed by atoms with van der Waals surface area (Å²) in [6, 6.07) is 13.9. The van der Waals surface area contributed by atoms with Crippen molar-refractivity contribution in [2.45, 2.75) is 25.8 Å². The number of morpholine rings is 1. The number of carbonyl (C=O) groups excluding carboxylic acids is 1. The molecule has 2 aromatic carbocycles. The number of rotatable bonds is 2. The van der Waals surface area contributed by atoms with Crippen molar-refractivity contribution in [3.63, 3.8) is 0 Å². The number of nitriles is 1. The van der Waals surface area contributed by atoms with Crippen molar-refractivity contribution in [3.05, 3.63) is 69.9 Å². The molecule has 2 aliphatic rings. The van der Waals surface area contributed by atoms with Gasteiger partial charge in [-0.25, -0.2) is 0 Å². The number of H-pyrrole nitrogens is 1. The SMILES string of the molecule is CC1(C)c2cc(CN3CCOCC3)ccc2C(=O)c2c1[nH]c1cc(C#N)ccc21. The second-order valence-electron chi connectivity index (χ2n) is 8.47. The summed E-state index contributed by atoms with van der Waals surface area (Å²) in [6.45, 7) is 8.62. The largest absolute Gasteiger partial charge is 0.379 e. The number of ether oxygens (including phenoxy) is 1. The minimum atomic E-state index is -0.328. The van der Waals surface area contributed by atoms with Gasteiger partial charge in [-0.3, -0.25) is 9.69 Å². The molecule has 146 valence electrons. The molecule has 0 bridgehead atoms. The molecule has 0 amide bonds. The van der Waals surface area contributed by atoms with E-state index in [0.29, 0.717) is 5.56 Å². The Morgan fingerprint density at radius 3 is 2.72 bits per heavy atom. The van der Waals surface area contributed by atoms with Gasteiger partial charge in [-0.05, 0) is 23.3 Å². The molecule has 3 aromatic rings. The van der Waals surface area contributed by atoms with Gasteiger partial charge in [0.05, 0.1) is 30.4 Å². The van der Waals surface area contributed by atoms with Gasteiger partial charge in [0.25, 0.3) is 0 Å². The average Bonchev–Trinajstić information content (AvgIpc) is 3.13. The third-order valence-corrected chi connectivity index (χ3v) is 6.29. The Balaban J connectivity index is 1.60. The first kappa shape index (κ1) is 18.1. The van der Waals surface area contributed by atoms with Crippen LogP contribution in [0.5, 0.6) is 0 Å². The van der Waals surface area contributed by atoms with Gasteiger partial charge in [-0.15, -0.1) is 0 Å². The average molecular weight is 385 g/mol. The van der Waals surface area contributed by atoms with Crippen LogP contribution in [0, 0.1) is 11.3 Å². The van der Waals surface area contributed by atoms with Gasteiger partial charge in [-0.1, -0.05) is 38.1 Å². The van der Waals surface area contributed by atoms with Crippen molar-refractivity contribution >= 4 is 16.7 Å². The molecule has 5 nitrogen and oxygen atoms in total. The van der Waals surface area contributed by atoms with E-state index >= 15 is 0 Å². The Labute approximate surface area is 169 Å². The summed E-state index contributed by atoms with van der Waals surface area (Å²) in [7, 11) is 0. The zero-order chi connectivity index (χ0) is 20.2. The third-order valence-electron chi connectivity index (χ3n) is 6.29. The van der Waals surface area contributed by atoms with Crippen molar-refractivity contribution in [3.8, 4) is 6.07 Å². The lowest BCUT2D eigenvalue weighted by atomic mass is 9.71. The minimum absolute atomic E-state index is 0.0585. The van der Waals surface area contributed by atoms with E-state index in [4.69, 9.17) is 4.74 Å². The fraction of sp³-hybridized carbons (Fsp3) is 0.333. The molecule has 1 aliphatic carbocycles. The fourth-order valence-electron chi connectivity index (χ4n) is 4.66. The van der Waals surface area contributed by atoms with Crippen molar-refractivity contribution in [2.24, 2.45) is 0 Å². The topological polar surface area (TPSA) is 69.1 Å². The van der Waals surface area contributed by atoms with Crippen LogP contribution < -0.4 is 0 Å². The highest BCUT2D eigenvalue weighted by molar-refractivity contribution is 6.20. The summed E-state index contributed by atoms with van der Waals surface area (Å²) < 4.78 is 5.45. The molecule has 1 saturated heterocycles. The number of fused-ring (bicyclic) bond motifs is 4. The molecule has 0 unspecified atom stereocenters. The van der Waals surface area contributed by atoms with E-state index in [1.54, 1.807) is 6.07 Å². The number of aromatic nitrogens is 1. The van der Waals surface area contributed by atoms with Gasteiger partial charge >= 0.3 is 0 Å². The Kier molecular flexibility index (Phi) is 4.09. The zero-order valence-corrected chi connectivity index (χ0v) is 16.7. The van der Waals surface area contributed by atoms with Crippen LogP contribution in [0.4, 0.5) is 0 Å². The first-order valence-electron chi connectivity index (χ1n) is 10.0. The predicted octanol–water partition coefficient (Wildman–Crippen LogP) is 3.74. The molecule has 1 aliphatic heterocycles. The summed E-state index contributed by atoms with van der Waals surface area (Å²) in [6.07, 6.45) is 0. The predicted molar refractivity (Wildman–Crippen MR) is 111 cm³/mol. The van der Waals surface area contributed by atoms with Crippen LogP contribution in [0.1, 0.15) is 52.2 Å². The summed E-state index contributed by atoms with van der Waals surface area (Å²) in [5.41, 5.74) is 5.84. The van der Waals surface area contributed by atoms with Crippen molar-refractivity contribution in [1.29, 1.82) is 5.26 Å². The molecule has 0 saturated carbocycles. The summed E-state index contributed by atoms with van der Waals surface area (Å²) in [5.74, 6) is 0.0585. The molecule has 1 fully saturated rings. The van der Waals surface area contributed by atoms with Crippen LogP contribution in [0.15, 0.2) is 36.4 Å². The number of carbonyl (C=O) groups is 1. The van der Waals surface area contributed by atoms with Gasteiger partial charge in [0.15, 0.2) is 5.78 Å². The summed E-state index contributed by atoms with van der Waals surface area (Å²) in [4.78, 5) is 19.3. The molecular formula is C24H23N3O2. The highest BCUT2D eigenvalue weighted by atomic mass is 16.5. The molecule has 0 atom stereocenters. The molecule has 0 spiro atoms. The fourth-order valence-corrected chi connectivity index (χ4v) is 4.66. The molecule has 0 radical (unpaired) electrons. The Morgan fingerprint density at radius 1 is 1.17 bits per heavy atom. The first-order chi connectivity index (χ1) is 14.0. The summed E-state index contributed by atoms with van der Waals surface area (Å²) >= 11 is 0. The normalized spacial score (nSPS) is 18.3. The van der Waals surface area contributed by atoms with E-state index in [0.717, 1.165) is 66.1 Å². The van der Waals surface area contributed by atoms with Gasteiger partial charge < -0.3 is 9.72 Å². The first-order valence-corrected chi connectivity index (χ1v) is 10.0. The van der Waals surface area contributed by atoms with E-state index < -0.39 is 0 Å². The number of hydrogen-bond donors (Lipinski definition) is 1. The number of nitrogens with one attached hydrogen (secondary N) is 1. The third kappa shape index (κ3) is 2.79. The van der Waals surface area contributed by atoms with Gasteiger partial charge in [0.2, 0.25) is 0 Å². The van der Waals surface area contributed by atoms with Crippen molar-refractivity contribution in [1.82, 2.24) is 9.88 Å². The number of aromatic amines is 1. The lowest BCUT2D eigenvalue weighted by molar-refractivity contribution is 0.0342. The lowest BCUT2D eigenvalue weighted by Gasteiger charge is -2.33. The van der Waals surface area contributed by atoms with E-state index in [2.05, 4.69) is 41.9 Å². The number of nitrogens with zero attached hydrogens (tertiary/aromatic N) is 2. The molecule has 29 heavy (non-hydrogen) atoms. The van der Waals surface area contributed by atoms with Crippen molar-refractivity contribution in [2.75, 3.05) is 26.3 Å². The highest BCUT2D eigenvalue weighted by Gasteiger charge is 2.39. The van der Waals surface area contributed by atoms with E-state index in [-0.39, 0.29) is 11.2 Å². The second-order valence-corrected chi connectivity index (χ2v) is 8.47. The molecule has 1 N–H and O–H groups in total. The lowest BCUT2D eigenvalue weighted by Crippen LogP contribution is -2.36. The number of hydrogen-bond acceptors (Lipinski definition) is 4. The molecule has 5 rings (SSSR count). The summed E-state index contributed by atoms with van der Waals surface area (Å²) in [5, 5.41) is 10.1. The number of benzene rings is 2. The van der Waals surface area contributed by atoms with Crippen LogP contribution >= 0.6 is 0 Å². The molecule has 2 heterocycles. The smallest absolute Gasteiger partial charge is 0.195 e. The van der Waals surface area contributed by atoms with E-state index in [9.17, 15) is 10.1 Å². The van der Waals surface area contributed by atoms with Crippen LogP contribution in [0.3, 0.4) is 0 Å². The van der Waals surface area contributed by atoms with Crippen LogP contribution in [-0.4, -0.2) is 42.0 Å². The Morgan fingerprint density at radius 2 is 1.97 bits per heavy atom. The second kappa shape index (κ2) is 6.55. The molecule has 5 heteroatoms. The van der Waals surface area contributed by atoms with Crippen LogP contribution in [0.25, 0.3) is 10.9 Å². The Hall–Kier alpha value is -2.94. The molecular weight excluding hydrogens is 362 g/mol. The van der Waals surface area contributed by atoms with Gasteiger partial charge in [0.1, 0.15) is 0 Å². The van der Waals surface area contributed by atoms with Gasteiger partial charge in [-0.2, -0.15) is 5.26 Å². The van der Waals surface area contributed by atoms with Crippen LogP contribution in [0.2, 0.25) is 0 Å². The van der Waals surface area contributed by atoms with Crippen LogP contribution in [-0.2, 0) is 16.7 Å².